The van der Waals surface area contributed by atoms with E-state index in [0.29, 0.717) is 6.54 Å². The van der Waals surface area contributed by atoms with Crippen molar-refractivity contribution in [3.8, 4) is 0 Å². The summed E-state index contributed by atoms with van der Waals surface area (Å²) in [6.07, 6.45) is 3.85. The van der Waals surface area contributed by atoms with Crippen LogP contribution in [0.2, 0.25) is 0 Å². The Morgan fingerprint density at radius 2 is 1.95 bits per heavy atom. The maximum atomic E-state index is 12.7. The number of aromatic nitrogens is 1. The van der Waals surface area contributed by atoms with E-state index in [2.05, 4.69) is 4.98 Å². The van der Waals surface area contributed by atoms with Crippen LogP contribution < -0.4 is 5.43 Å². The molecule has 0 aliphatic rings. The van der Waals surface area contributed by atoms with E-state index in [4.69, 9.17) is 0 Å². The summed E-state index contributed by atoms with van der Waals surface area (Å²) < 4.78 is 0. The van der Waals surface area contributed by atoms with Crippen molar-refractivity contribution in [2.24, 2.45) is 0 Å². The molecule has 21 heavy (non-hydrogen) atoms. The first-order valence-electron chi connectivity index (χ1n) is 7.15. The molecule has 1 amide bonds. The summed E-state index contributed by atoms with van der Waals surface area (Å²) in [5.41, 5.74) is 0.993. The molecule has 0 aliphatic heterocycles. The molecular weight excluding hydrogens is 264 g/mol. The van der Waals surface area contributed by atoms with E-state index in [0.717, 1.165) is 12.0 Å². The Bertz CT molecular complexity index is 649. The van der Waals surface area contributed by atoms with Gasteiger partial charge in [0.2, 0.25) is 0 Å². The molecule has 0 saturated heterocycles. The molecule has 4 heteroatoms. The fourth-order valence-corrected chi connectivity index (χ4v) is 2.17. The van der Waals surface area contributed by atoms with Crippen LogP contribution in [0, 0.1) is 0 Å². The van der Waals surface area contributed by atoms with Crippen molar-refractivity contribution < 1.29 is 4.79 Å². The third kappa shape index (κ3) is 3.60. The fraction of sp³-hybridized carbons (Fsp3) is 0.294. The lowest BCUT2D eigenvalue weighted by atomic mass is 10.1. The smallest absolute Gasteiger partial charge is 0.259 e. The maximum Gasteiger partial charge on any atom is 0.259 e. The number of amides is 1. The zero-order valence-corrected chi connectivity index (χ0v) is 12.4. The number of nitrogens with one attached hydrogen (secondary N) is 1. The number of hydrogen-bond acceptors (Lipinski definition) is 2. The van der Waals surface area contributed by atoms with Crippen molar-refractivity contribution in [3.05, 3.63) is 70.1 Å². The highest BCUT2D eigenvalue weighted by atomic mass is 16.2. The standard InChI is InChI=1S/C17H20N2O2/c1-3-13(2)19(12-14-7-5-4-6-8-14)17(21)15-11-18-10-9-16(15)20/h4-11,13H,3,12H2,1-2H3,(H,18,20). The quantitative estimate of drug-likeness (QED) is 0.918. The lowest BCUT2D eigenvalue weighted by Crippen LogP contribution is -2.39. The van der Waals surface area contributed by atoms with Crippen LogP contribution in [0.5, 0.6) is 0 Å². The fourth-order valence-electron chi connectivity index (χ4n) is 2.17. The van der Waals surface area contributed by atoms with Crippen LogP contribution in [-0.4, -0.2) is 21.8 Å². The van der Waals surface area contributed by atoms with Gasteiger partial charge in [-0.25, -0.2) is 0 Å². The Balaban J connectivity index is 2.30. The van der Waals surface area contributed by atoms with Crippen LogP contribution >= 0.6 is 0 Å². The minimum absolute atomic E-state index is 0.0670. The summed E-state index contributed by atoms with van der Waals surface area (Å²) in [4.78, 5) is 29.1. The second kappa shape index (κ2) is 6.88. The zero-order valence-electron chi connectivity index (χ0n) is 12.4. The number of nitrogens with zero attached hydrogens (tertiary/aromatic N) is 1. The van der Waals surface area contributed by atoms with E-state index in [9.17, 15) is 9.59 Å². The van der Waals surface area contributed by atoms with Crippen LogP contribution in [-0.2, 0) is 6.54 Å². The van der Waals surface area contributed by atoms with Crippen molar-refractivity contribution in [2.45, 2.75) is 32.9 Å². The van der Waals surface area contributed by atoms with Crippen molar-refractivity contribution >= 4 is 5.91 Å². The molecule has 1 aromatic heterocycles. The molecule has 0 bridgehead atoms. The first-order valence-corrected chi connectivity index (χ1v) is 7.15. The number of hydrogen-bond donors (Lipinski definition) is 1. The molecule has 110 valence electrons. The number of aromatic amines is 1. The van der Waals surface area contributed by atoms with Gasteiger partial charge in [0.05, 0.1) is 0 Å². The third-order valence-corrected chi connectivity index (χ3v) is 3.63. The number of carbonyl (C=O) groups excluding carboxylic acids is 1. The summed E-state index contributed by atoms with van der Waals surface area (Å²) >= 11 is 0. The number of H-pyrrole nitrogens is 1. The summed E-state index contributed by atoms with van der Waals surface area (Å²) in [5, 5.41) is 0. The molecule has 1 heterocycles. The van der Waals surface area contributed by atoms with E-state index in [1.165, 1.54) is 18.5 Å². The predicted octanol–water partition coefficient (Wildman–Crippen LogP) is 2.82. The Kier molecular flexibility index (Phi) is 4.93. The summed E-state index contributed by atoms with van der Waals surface area (Å²) in [5.74, 6) is -0.227. The van der Waals surface area contributed by atoms with Gasteiger partial charge in [-0.2, -0.15) is 0 Å². The summed E-state index contributed by atoms with van der Waals surface area (Å²) in [6.45, 7) is 4.53. The first kappa shape index (κ1) is 15.0. The van der Waals surface area contributed by atoms with E-state index in [1.54, 1.807) is 4.90 Å². The molecule has 0 saturated carbocycles. The predicted molar refractivity (Wildman–Crippen MR) is 83.1 cm³/mol. The Labute approximate surface area is 124 Å². The Morgan fingerprint density at radius 3 is 2.57 bits per heavy atom. The van der Waals surface area contributed by atoms with Gasteiger partial charge in [0.25, 0.3) is 5.91 Å². The number of benzene rings is 1. The van der Waals surface area contributed by atoms with E-state index >= 15 is 0 Å². The van der Waals surface area contributed by atoms with Crippen LogP contribution in [0.1, 0.15) is 36.2 Å². The monoisotopic (exact) mass is 284 g/mol. The minimum atomic E-state index is -0.250. The van der Waals surface area contributed by atoms with Crippen molar-refractivity contribution in [1.82, 2.24) is 9.88 Å². The van der Waals surface area contributed by atoms with E-state index in [-0.39, 0.29) is 22.9 Å². The molecule has 1 aromatic carbocycles. The van der Waals surface area contributed by atoms with Gasteiger partial charge in [-0.15, -0.1) is 0 Å². The normalized spacial score (nSPS) is 11.9. The van der Waals surface area contributed by atoms with Crippen LogP contribution in [0.15, 0.2) is 53.6 Å². The lowest BCUT2D eigenvalue weighted by Gasteiger charge is -2.28. The second-order valence-electron chi connectivity index (χ2n) is 5.10. The molecular formula is C17H20N2O2. The molecule has 4 nitrogen and oxygen atoms in total. The average Bonchev–Trinajstić information content (AvgIpc) is 2.53. The minimum Gasteiger partial charge on any atom is -0.367 e. The zero-order chi connectivity index (χ0) is 15.2. The molecule has 1 unspecified atom stereocenters. The van der Waals surface area contributed by atoms with Crippen molar-refractivity contribution in [2.75, 3.05) is 0 Å². The maximum absolute atomic E-state index is 12.7. The van der Waals surface area contributed by atoms with Gasteiger partial charge in [0, 0.05) is 31.0 Å². The van der Waals surface area contributed by atoms with Gasteiger partial charge in [-0.1, -0.05) is 37.3 Å². The molecule has 1 atom stereocenters. The van der Waals surface area contributed by atoms with Gasteiger partial charge < -0.3 is 9.88 Å². The molecule has 1 N–H and O–H groups in total. The molecule has 0 aliphatic carbocycles. The highest BCUT2D eigenvalue weighted by molar-refractivity contribution is 5.94. The molecule has 0 spiro atoms. The topological polar surface area (TPSA) is 53.2 Å². The number of rotatable bonds is 5. The van der Waals surface area contributed by atoms with Gasteiger partial charge in [-0.05, 0) is 18.9 Å². The molecule has 0 radical (unpaired) electrons. The van der Waals surface area contributed by atoms with Gasteiger partial charge in [0.15, 0.2) is 5.43 Å². The van der Waals surface area contributed by atoms with Gasteiger partial charge in [-0.3, -0.25) is 9.59 Å². The van der Waals surface area contributed by atoms with E-state index < -0.39 is 0 Å². The summed E-state index contributed by atoms with van der Waals surface area (Å²) in [6, 6.07) is 11.3. The molecule has 0 fully saturated rings. The molecule has 2 rings (SSSR count). The number of carbonyl (C=O) groups is 1. The van der Waals surface area contributed by atoms with Gasteiger partial charge in [0.1, 0.15) is 5.56 Å². The summed E-state index contributed by atoms with van der Waals surface area (Å²) in [7, 11) is 0. The largest absolute Gasteiger partial charge is 0.367 e. The Morgan fingerprint density at radius 1 is 1.24 bits per heavy atom. The van der Waals surface area contributed by atoms with Crippen LogP contribution in [0.3, 0.4) is 0 Å². The number of pyridine rings is 1. The highest BCUT2D eigenvalue weighted by Gasteiger charge is 2.22. The highest BCUT2D eigenvalue weighted by Crippen LogP contribution is 2.13. The lowest BCUT2D eigenvalue weighted by molar-refractivity contribution is 0.0670. The second-order valence-corrected chi connectivity index (χ2v) is 5.10. The molecule has 2 aromatic rings. The van der Waals surface area contributed by atoms with Crippen LogP contribution in [0.4, 0.5) is 0 Å². The van der Waals surface area contributed by atoms with Crippen molar-refractivity contribution in [3.63, 3.8) is 0 Å². The van der Waals surface area contributed by atoms with Crippen molar-refractivity contribution in [1.29, 1.82) is 0 Å². The van der Waals surface area contributed by atoms with E-state index in [1.807, 2.05) is 44.2 Å². The average molecular weight is 284 g/mol. The SMILES string of the molecule is CCC(C)N(Cc1ccccc1)C(=O)c1c[nH]ccc1=O. The van der Waals surface area contributed by atoms with Gasteiger partial charge >= 0.3 is 0 Å². The first-order chi connectivity index (χ1) is 10.1. The van der Waals surface area contributed by atoms with Crippen LogP contribution in [0.25, 0.3) is 0 Å². The third-order valence-electron chi connectivity index (χ3n) is 3.63. The Hall–Kier alpha value is -2.36.